The number of amides is 3. The van der Waals surface area contributed by atoms with Gasteiger partial charge in [0, 0.05) is 37.8 Å². The number of rotatable bonds is 6. The molecule has 3 amide bonds. The Kier molecular flexibility index (Phi) is 5.88. The van der Waals surface area contributed by atoms with Crippen LogP contribution < -0.4 is 10.6 Å². The van der Waals surface area contributed by atoms with Crippen molar-refractivity contribution in [2.24, 2.45) is 0 Å². The first kappa shape index (κ1) is 18.4. The van der Waals surface area contributed by atoms with Crippen LogP contribution in [0.3, 0.4) is 0 Å². The summed E-state index contributed by atoms with van der Waals surface area (Å²) in [5.74, 6) is -0.269. The molecule has 1 saturated carbocycles. The smallest absolute Gasteiger partial charge is 0.251 e. The monoisotopic (exact) mass is 358 g/mol. The molecule has 1 unspecified atom stereocenters. The molecular weight excluding hydrogens is 332 g/mol. The molecule has 2 N–H and O–H groups in total. The Morgan fingerprint density at radius 3 is 2.35 bits per heavy atom. The fraction of sp³-hybridized carbons (Fsp3) is 0.526. The number of hydrogen-bond donors (Lipinski definition) is 2. The molecule has 1 saturated heterocycles. The summed E-state index contributed by atoms with van der Waals surface area (Å²) in [5.41, 5.74) is 0.540. The number of carbonyl (C=O) groups is 3. The quantitative estimate of drug-likeness (QED) is 0.763. The zero-order valence-electron chi connectivity index (χ0n) is 15.1. The summed E-state index contributed by atoms with van der Waals surface area (Å²) < 4.78 is 0. The Balaban J connectivity index is 1.42. The molecule has 2 aliphatic rings. The Labute approximate surface area is 153 Å². The molecular formula is C19H26N4O3. The first-order chi connectivity index (χ1) is 12.5. The van der Waals surface area contributed by atoms with Gasteiger partial charge in [-0.3, -0.25) is 19.3 Å². The highest BCUT2D eigenvalue weighted by Crippen LogP contribution is 2.18. The molecule has 1 aromatic rings. The lowest BCUT2D eigenvalue weighted by Gasteiger charge is -2.35. The van der Waals surface area contributed by atoms with Gasteiger partial charge in [-0.1, -0.05) is 18.2 Å². The van der Waals surface area contributed by atoms with E-state index in [4.69, 9.17) is 0 Å². The maximum atomic E-state index is 12.6. The third-order valence-corrected chi connectivity index (χ3v) is 4.75. The molecule has 0 radical (unpaired) electrons. The molecule has 1 atom stereocenters. The summed E-state index contributed by atoms with van der Waals surface area (Å²) >= 11 is 0. The molecule has 7 nitrogen and oxygen atoms in total. The van der Waals surface area contributed by atoms with E-state index >= 15 is 0 Å². The van der Waals surface area contributed by atoms with Crippen molar-refractivity contribution >= 4 is 17.7 Å². The second-order valence-electron chi connectivity index (χ2n) is 7.00. The van der Waals surface area contributed by atoms with E-state index in [1.165, 1.54) is 0 Å². The van der Waals surface area contributed by atoms with Gasteiger partial charge in [0.05, 0.1) is 6.54 Å². The third kappa shape index (κ3) is 5.05. The summed E-state index contributed by atoms with van der Waals surface area (Å²) in [6, 6.07) is 8.66. The van der Waals surface area contributed by atoms with Gasteiger partial charge < -0.3 is 15.5 Å². The minimum Gasteiger partial charge on any atom is -0.352 e. The molecule has 7 heteroatoms. The van der Waals surface area contributed by atoms with Crippen molar-refractivity contribution in [1.29, 1.82) is 0 Å². The largest absolute Gasteiger partial charge is 0.352 e. The van der Waals surface area contributed by atoms with Crippen LogP contribution in [-0.4, -0.2) is 72.3 Å². The first-order valence-corrected chi connectivity index (χ1v) is 9.19. The minimum atomic E-state index is -0.576. The van der Waals surface area contributed by atoms with E-state index < -0.39 is 6.04 Å². The summed E-state index contributed by atoms with van der Waals surface area (Å²) in [6.45, 7) is 4.58. The Bertz CT molecular complexity index is 652. The Hall–Kier alpha value is -2.41. The van der Waals surface area contributed by atoms with Crippen molar-refractivity contribution < 1.29 is 14.4 Å². The maximum absolute atomic E-state index is 12.6. The molecule has 1 aliphatic carbocycles. The topological polar surface area (TPSA) is 81.8 Å². The molecule has 0 bridgehead atoms. The van der Waals surface area contributed by atoms with Crippen LogP contribution in [0.15, 0.2) is 30.3 Å². The van der Waals surface area contributed by atoms with Crippen molar-refractivity contribution in [3.8, 4) is 0 Å². The molecule has 1 aromatic carbocycles. The van der Waals surface area contributed by atoms with E-state index in [9.17, 15) is 14.4 Å². The lowest BCUT2D eigenvalue weighted by atomic mass is 10.2. The van der Waals surface area contributed by atoms with E-state index in [-0.39, 0.29) is 17.7 Å². The fourth-order valence-electron chi connectivity index (χ4n) is 3.04. The number of hydrogen-bond acceptors (Lipinski definition) is 4. The number of benzene rings is 1. The highest BCUT2D eigenvalue weighted by atomic mass is 16.2. The van der Waals surface area contributed by atoms with Gasteiger partial charge in [0.1, 0.15) is 6.04 Å². The van der Waals surface area contributed by atoms with Gasteiger partial charge in [-0.2, -0.15) is 0 Å². The average Bonchev–Trinajstić information content (AvgIpc) is 3.46. The molecule has 1 heterocycles. The maximum Gasteiger partial charge on any atom is 0.251 e. The summed E-state index contributed by atoms with van der Waals surface area (Å²) in [5, 5.41) is 5.74. The predicted octanol–water partition coefficient (Wildman–Crippen LogP) is 0.228. The fourth-order valence-corrected chi connectivity index (χ4v) is 3.04. The molecule has 2 fully saturated rings. The van der Waals surface area contributed by atoms with Crippen molar-refractivity contribution in [3.05, 3.63) is 35.9 Å². The van der Waals surface area contributed by atoms with Crippen LogP contribution in [-0.2, 0) is 9.59 Å². The number of carbonyl (C=O) groups excluding carboxylic acids is 3. The highest BCUT2D eigenvalue weighted by Gasteiger charge is 2.28. The van der Waals surface area contributed by atoms with Crippen LogP contribution in [0.5, 0.6) is 0 Å². The Morgan fingerprint density at radius 1 is 1.08 bits per heavy atom. The van der Waals surface area contributed by atoms with Crippen molar-refractivity contribution in [1.82, 2.24) is 20.4 Å². The van der Waals surface area contributed by atoms with Crippen LogP contribution in [0.25, 0.3) is 0 Å². The second-order valence-corrected chi connectivity index (χ2v) is 7.00. The van der Waals surface area contributed by atoms with Gasteiger partial charge in [0.2, 0.25) is 11.8 Å². The van der Waals surface area contributed by atoms with Gasteiger partial charge >= 0.3 is 0 Å². The normalized spacial score (nSPS) is 18.9. The van der Waals surface area contributed by atoms with Crippen molar-refractivity contribution in [3.63, 3.8) is 0 Å². The van der Waals surface area contributed by atoms with Crippen molar-refractivity contribution in [2.75, 3.05) is 32.7 Å². The zero-order chi connectivity index (χ0) is 18.5. The third-order valence-electron chi connectivity index (χ3n) is 4.75. The van der Waals surface area contributed by atoms with Gasteiger partial charge in [-0.25, -0.2) is 0 Å². The van der Waals surface area contributed by atoms with E-state index in [1.54, 1.807) is 36.1 Å². The highest BCUT2D eigenvalue weighted by molar-refractivity contribution is 5.97. The van der Waals surface area contributed by atoms with Crippen LogP contribution in [0.4, 0.5) is 0 Å². The average molecular weight is 358 g/mol. The van der Waals surface area contributed by atoms with Gasteiger partial charge in [-0.05, 0) is 31.9 Å². The number of nitrogens with zero attached hydrogens (tertiary/aromatic N) is 2. The molecule has 0 aromatic heterocycles. The van der Waals surface area contributed by atoms with Gasteiger partial charge in [-0.15, -0.1) is 0 Å². The Morgan fingerprint density at radius 2 is 1.73 bits per heavy atom. The summed E-state index contributed by atoms with van der Waals surface area (Å²) in [4.78, 5) is 40.4. The summed E-state index contributed by atoms with van der Waals surface area (Å²) in [7, 11) is 0. The van der Waals surface area contributed by atoms with Crippen LogP contribution >= 0.6 is 0 Å². The van der Waals surface area contributed by atoms with E-state index in [0.29, 0.717) is 44.3 Å². The standard InChI is InChI=1S/C19H26N4O3/c1-14(20-18(25)15-5-3-2-4-6-15)19(26)23-11-9-22(10-12-23)13-17(24)21-16-7-8-16/h2-6,14,16H,7-13H2,1H3,(H,20,25)(H,21,24). The first-order valence-electron chi connectivity index (χ1n) is 9.19. The second kappa shape index (κ2) is 8.31. The van der Waals surface area contributed by atoms with Crippen LogP contribution in [0, 0.1) is 0 Å². The molecule has 140 valence electrons. The van der Waals surface area contributed by atoms with E-state index in [2.05, 4.69) is 15.5 Å². The molecule has 3 rings (SSSR count). The van der Waals surface area contributed by atoms with Gasteiger partial charge in [0.15, 0.2) is 0 Å². The van der Waals surface area contributed by atoms with E-state index in [0.717, 1.165) is 12.8 Å². The number of nitrogens with one attached hydrogen (secondary N) is 2. The van der Waals surface area contributed by atoms with Crippen LogP contribution in [0.2, 0.25) is 0 Å². The van der Waals surface area contributed by atoms with Crippen LogP contribution in [0.1, 0.15) is 30.1 Å². The minimum absolute atomic E-state index is 0.0655. The number of piperazine rings is 1. The lowest BCUT2D eigenvalue weighted by molar-refractivity contribution is -0.134. The molecule has 26 heavy (non-hydrogen) atoms. The van der Waals surface area contributed by atoms with E-state index in [1.807, 2.05) is 6.07 Å². The van der Waals surface area contributed by atoms with Gasteiger partial charge in [0.25, 0.3) is 5.91 Å². The lowest BCUT2D eigenvalue weighted by Crippen LogP contribution is -2.55. The zero-order valence-corrected chi connectivity index (χ0v) is 15.1. The predicted molar refractivity (Wildman–Crippen MR) is 97.6 cm³/mol. The molecule has 0 spiro atoms. The summed E-state index contributed by atoms with van der Waals surface area (Å²) in [6.07, 6.45) is 2.17. The molecule has 1 aliphatic heterocycles. The van der Waals surface area contributed by atoms with Crippen molar-refractivity contribution in [2.45, 2.75) is 31.8 Å². The SMILES string of the molecule is CC(NC(=O)c1ccccc1)C(=O)N1CCN(CC(=O)NC2CC2)CC1.